The van der Waals surface area contributed by atoms with E-state index in [0.717, 1.165) is 5.56 Å². The van der Waals surface area contributed by atoms with Gasteiger partial charge in [0.2, 0.25) is 11.8 Å². The molecule has 2 amide bonds. The number of ether oxygens (including phenoxy) is 1. The Morgan fingerprint density at radius 1 is 1.29 bits per heavy atom. The van der Waals surface area contributed by atoms with Gasteiger partial charge in [-0.25, -0.2) is 4.39 Å². The predicted molar refractivity (Wildman–Crippen MR) is 98.6 cm³/mol. The second-order valence-electron chi connectivity index (χ2n) is 7.35. The standard InChI is InChI=1S/C21H18FN3O3/c22-14-3-1-2-4-15(14)25-12-21-8-5-16(28-21)17(18(21)20(25)27)19(26)24-11-13-6-9-23-10-7-13/h1-10,16-18H,11-12H2,(H,24,26)/t16-,17-,18-,21-/m1/s1. The number of hydrogen-bond acceptors (Lipinski definition) is 4. The van der Waals surface area contributed by atoms with E-state index >= 15 is 0 Å². The van der Waals surface area contributed by atoms with E-state index < -0.39 is 29.4 Å². The summed E-state index contributed by atoms with van der Waals surface area (Å²) >= 11 is 0. The summed E-state index contributed by atoms with van der Waals surface area (Å²) in [5.74, 6) is -2.26. The second-order valence-corrected chi connectivity index (χ2v) is 7.35. The first-order valence-electron chi connectivity index (χ1n) is 9.19. The van der Waals surface area contributed by atoms with E-state index in [2.05, 4.69) is 10.3 Å². The molecule has 2 saturated heterocycles. The molecule has 2 aromatic rings. The number of para-hydroxylation sites is 1. The normalized spacial score (nSPS) is 30.0. The van der Waals surface area contributed by atoms with Crippen LogP contribution in [0.1, 0.15) is 5.56 Å². The summed E-state index contributed by atoms with van der Waals surface area (Å²) in [6.45, 7) is 0.553. The maximum atomic E-state index is 14.3. The van der Waals surface area contributed by atoms with Gasteiger partial charge in [0.15, 0.2) is 0 Å². The highest BCUT2D eigenvalue weighted by Crippen LogP contribution is 2.52. The number of benzene rings is 1. The van der Waals surface area contributed by atoms with Crippen LogP contribution >= 0.6 is 0 Å². The van der Waals surface area contributed by atoms with Crippen LogP contribution in [0.2, 0.25) is 0 Å². The number of halogens is 1. The van der Waals surface area contributed by atoms with E-state index in [4.69, 9.17) is 4.74 Å². The van der Waals surface area contributed by atoms with Crippen LogP contribution in [0.4, 0.5) is 10.1 Å². The Morgan fingerprint density at radius 3 is 2.86 bits per heavy atom. The molecule has 2 bridgehead atoms. The van der Waals surface area contributed by atoms with E-state index in [9.17, 15) is 14.0 Å². The number of aromatic nitrogens is 1. The topological polar surface area (TPSA) is 71.5 Å². The largest absolute Gasteiger partial charge is 0.360 e. The van der Waals surface area contributed by atoms with Gasteiger partial charge in [0.05, 0.1) is 30.2 Å². The maximum Gasteiger partial charge on any atom is 0.234 e. The van der Waals surface area contributed by atoms with E-state index in [1.165, 1.54) is 11.0 Å². The summed E-state index contributed by atoms with van der Waals surface area (Å²) < 4.78 is 20.3. The molecular formula is C21H18FN3O3. The molecule has 1 aromatic carbocycles. The first-order valence-corrected chi connectivity index (χ1v) is 9.19. The van der Waals surface area contributed by atoms with Crippen LogP contribution in [0.3, 0.4) is 0 Å². The Hall–Kier alpha value is -3.06. The lowest BCUT2D eigenvalue weighted by molar-refractivity contribution is -0.132. The average molecular weight is 379 g/mol. The van der Waals surface area contributed by atoms with E-state index in [0.29, 0.717) is 6.54 Å². The van der Waals surface area contributed by atoms with Gasteiger partial charge in [-0.15, -0.1) is 0 Å². The lowest BCUT2D eigenvalue weighted by Crippen LogP contribution is -2.44. The summed E-state index contributed by atoms with van der Waals surface area (Å²) in [4.78, 5) is 31.4. The number of rotatable bonds is 4. The lowest BCUT2D eigenvalue weighted by Gasteiger charge is -2.23. The summed E-state index contributed by atoms with van der Waals surface area (Å²) in [6, 6.07) is 9.79. The zero-order valence-corrected chi connectivity index (χ0v) is 14.9. The number of pyridine rings is 1. The third-order valence-corrected chi connectivity index (χ3v) is 5.76. The highest BCUT2D eigenvalue weighted by atomic mass is 19.1. The van der Waals surface area contributed by atoms with Crippen molar-refractivity contribution >= 4 is 17.5 Å². The van der Waals surface area contributed by atoms with E-state index in [1.807, 2.05) is 24.3 Å². The molecule has 1 spiro atoms. The van der Waals surface area contributed by atoms with Crippen molar-refractivity contribution in [3.05, 3.63) is 72.3 Å². The molecule has 6 nitrogen and oxygen atoms in total. The number of fused-ring (bicyclic) bond motifs is 1. The van der Waals surface area contributed by atoms with Gasteiger partial charge in [0.25, 0.3) is 0 Å². The number of nitrogens with zero attached hydrogens (tertiary/aromatic N) is 2. The predicted octanol–water partition coefficient (Wildman–Crippen LogP) is 1.82. The second kappa shape index (κ2) is 6.24. The van der Waals surface area contributed by atoms with Crippen LogP contribution in [0, 0.1) is 17.7 Å². The fraction of sp³-hybridized carbons (Fsp3) is 0.286. The van der Waals surface area contributed by atoms with Crippen molar-refractivity contribution in [1.82, 2.24) is 10.3 Å². The number of amides is 2. The zero-order valence-electron chi connectivity index (χ0n) is 14.9. The van der Waals surface area contributed by atoms with Gasteiger partial charge in [-0.2, -0.15) is 0 Å². The van der Waals surface area contributed by atoms with Gasteiger partial charge in [-0.05, 0) is 29.8 Å². The van der Waals surface area contributed by atoms with Gasteiger partial charge >= 0.3 is 0 Å². The molecule has 7 heteroatoms. The molecular weight excluding hydrogens is 361 g/mol. The molecule has 5 rings (SSSR count). The summed E-state index contributed by atoms with van der Waals surface area (Å²) in [5, 5.41) is 2.90. The minimum absolute atomic E-state index is 0.207. The van der Waals surface area contributed by atoms with Crippen molar-refractivity contribution in [3.63, 3.8) is 0 Å². The summed E-state index contributed by atoms with van der Waals surface area (Å²) in [6.07, 6.45) is 6.58. The number of nitrogens with one attached hydrogen (secondary N) is 1. The van der Waals surface area contributed by atoms with E-state index in [-0.39, 0.29) is 24.0 Å². The first-order chi connectivity index (χ1) is 13.6. The van der Waals surface area contributed by atoms with Crippen molar-refractivity contribution in [2.24, 2.45) is 11.8 Å². The van der Waals surface area contributed by atoms with Crippen molar-refractivity contribution in [3.8, 4) is 0 Å². The molecule has 2 fully saturated rings. The molecule has 0 saturated carbocycles. The summed E-state index contributed by atoms with van der Waals surface area (Å²) in [5.41, 5.74) is 0.263. The van der Waals surface area contributed by atoms with Crippen molar-refractivity contribution in [2.45, 2.75) is 18.2 Å². The highest BCUT2D eigenvalue weighted by Gasteiger charge is 2.67. The minimum Gasteiger partial charge on any atom is -0.360 e. The van der Waals surface area contributed by atoms with Crippen LogP contribution < -0.4 is 10.2 Å². The van der Waals surface area contributed by atoms with Gasteiger partial charge in [-0.1, -0.05) is 24.3 Å². The molecule has 1 N–H and O–H groups in total. The number of carbonyl (C=O) groups is 2. The molecule has 142 valence electrons. The van der Waals surface area contributed by atoms with Crippen LogP contribution in [-0.2, 0) is 20.9 Å². The molecule has 3 aliphatic rings. The smallest absolute Gasteiger partial charge is 0.234 e. The fourth-order valence-electron chi connectivity index (χ4n) is 4.48. The zero-order chi connectivity index (χ0) is 19.3. The quantitative estimate of drug-likeness (QED) is 0.823. The third-order valence-electron chi connectivity index (χ3n) is 5.76. The van der Waals surface area contributed by atoms with Gasteiger partial charge < -0.3 is 15.0 Å². The average Bonchev–Trinajstić information content (AvgIpc) is 3.36. The number of anilines is 1. The van der Waals surface area contributed by atoms with E-state index in [1.54, 1.807) is 30.6 Å². The SMILES string of the molecule is O=C(NCc1ccncc1)[C@@H]1[C@H]2C=C[C@]3(CN(c4ccccc4F)C(=O)[C@@H]13)O2. The molecule has 4 atom stereocenters. The molecule has 3 aliphatic heterocycles. The Kier molecular flexibility index (Phi) is 3.80. The van der Waals surface area contributed by atoms with Crippen LogP contribution in [-0.4, -0.2) is 35.0 Å². The Labute approximate surface area is 161 Å². The third kappa shape index (κ3) is 2.46. The Bertz CT molecular complexity index is 980. The molecule has 0 aliphatic carbocycles. The summed E-state index contributed by atoms with van der Waals surface area (Å²) in [7, 11) is 0. The van der Waals surface area contributed by atoms with Crippen LogP contribution in [0.15, 0.2) is 60.9 Å². The minimum atomic E-state index is -0.872. The van der Waals surface area contributed by atoms with Crippen LogP contribution in [0.25, 0.3) is 0 Å². The molecule has 4 heterocycles. The molecule has 28 heavy (non-hydrogen) atoms. The Morgan fingerprint density at radius 2 is 2.07 bits per heavy atom. The number of hydrogen-bond donors (Lipinski definition) is 1. The van der Waals surface area contributed by atoms with Crippen molar-refractivity contribution < 1.29 is 18.7 Å². The van der Waals surface area contributed by atoms with Crippen LogP contribution in [0.5, 0.6) is 0 Å². The fourth-order valence-corrected chi connectivity index (χ4v) is 4.48. The monoisotopic (exact) mass is 379 g/mol. The van der Waals surface area contributed by atoms with Crippen molar-refractivity contribution in [2.75, 3.05) is 11.4 Å². The van der Waals surface area contributed by atoms with Crippen molar-refractivity contribution in [1.29, 1.82) is 0 Å². The molecule has 1 aromatic heterocycles. The number of carbonyl (C=O) groups excluding carboxylic acids is 2. The first kappa shape index (κ1) is 17.1. The molecule has 0 radical (unpaired) electrons. The highest BCUT2D eigenvalue weighted by molar-refractivity contribution is 6.03. The Balaban J connectivity index is 1.40. The maximum absolute atomic E-state index is 14.3. The van der Waals surface area contributed by atoms with Gasteiger partial charge in [0, 0.05) is 18.9 Å². The van der Waals surface area contributed by atoms with Gasteiger partial charge in [0.1, 0.15) is 11.4 Å². The van der Waals surface area contributed by atoms with Gasteiger partial charge in [-0.3, -0.25) is 14.6 Å². The lowest BCUT2D eigenvalue weighted by atomic mass is 9.77. The molecule has 0 unspecified atom stereocenters.